The highest BCUT2D eigenvalue weighted by Crippen LogP contribution is 2.41. The molecule has 0 aliphatic carbocycles. The second-order valence-electron chi connectivity index (χ2n) is 9.38. The number of rotatable bonds is 6. The van der Waals surface area contributed by atoms with Crippen LogP contribution in [-0.4, -0.2) is 76.1 Å². The van der Waals surface area contributed by atoms with E-state index in [1.165, 1.54) is 0 Å². The van der Waals surface area contributed by atoms with Crippen LogP contribution < -0.4 is 5.73 Å². The van der Waals surface area contributed by atoms with Gasteiger partial charge in [-0.2, -0.15) is 0 Å². The number of halogens is 1. The number of likely N-dealkylation sites (N-methyl/N-ethyl adjacent to an activating group) is 1. The van der Waals surface area contributed by atoms with Crippen LogP contribution in [0.1, 0.15) is 38.7 Å². The molecule has 33 heavy (non-hydrogen) atoms. The summed E-state index contributed by atoms with van der Waals surface area (Å²) in [4.78, 5) is 21.8. The Labute approximate surface area is 199 Å². The second-order valence-corrected chi connectivity index (χ2v) is 9.76. The highest BCUT2D eigenvalue weighted by Gasteiger charge is 2.42. The topological polar surface area (TPSA) is 102 Å². The SMILES string of the molecule is C[C@H]1C[C@@H](N2C(=O)C[C@@](C)(c3cccc(-c4cn(CCN(C)C)nn4)c3Cl)N=C2N)CCO1. The standard InChI is InChI=1S/C23H32ClN7O2/c1-15-12-16(8-11-33-15)31-20(32)13-23(2,26-22(31)25)18-7-5-6-17(21(18)24)19-14-30(28-27-19)10-9-29(3)4/h5-7,14-16H,8-13H2,1-4H3,(H2,25,26)/t15-,16-,23-/m0/s1. The number of aromatic nitrogens is 3. The molecule has 1 aromatic heterocycles. The number of aliphatic imine (C=N–C) groups is 1. The number of carbonyl (C=O) groups excluding carboxylic acids is 1. The fourth-order valence-corrected chi connectivity index (χ4v) is 5.01. The molecular formula is C23H32ClN7O2. The average Bonchev–Trinajstić information content (AvgIpc) is 3.20. The summed E-state index contributed by atoms with van der Waals surface area (Å²) in [6.45, 7) is 6.11. The smallest absolute Gasteiger partial charge is 0.232 e. The third-order valence-electron chi connectivity index (χ3n) is 6.36. The fourth-order valence-electron chi connectivity index (χ4n) is 4.59. The Morgan fingerprint density at radius 2 is 2.15 bits per heavy atom. The first-order chi connectivity index (χ1) is 15.7. The van der Waals surface area contributed by atoms with Crippen LogP contribution >= 0.6 is 11.6 Å². The number of benzene rings is 1. The summed E-state index contributed by atoms with van der Waals surface area (Å²) in [6, 6.07) is 5.72. The van der Waals surface area contributed by atoms with Crippen LogP contribution in [0.3, 0.4) is 0 Å². The Balaban J connectivity index is 1.62. The Hall–Kier alpha value is -2.49. The maximum absolute atomic E-state index is 13.2. The van der Waals surface area contributed by atoms with E-state index < -0.39 is 5.54 Å². The summed E-state index contributed by atoms with van der Waals surface area (Å²) < 4.78 is 7.43. The third-order valence-corrected chi connectivity index (χ3v) is 6.77. The first-order valence-electron chi connectivity index (χ1n) is 11.3. The van der Waals surface area contributed by atoms with Crippen molar-refractivity contribution in [2.45, 2.75) is 57.3 Å². The molecule has 3 heterocycles. The van der Waals surface area contributed by atoms with Crippen molar-refractivity contribution in [3.63, 3.8) is 0 Å². The number of amides is 1. The Kier molecular flexibility index (Phi) is 6.74. The normalized spacial score (nSPS) is 26.1. The van der Waals surface area contributed by atoms with Gasteiger partial charge in [0.1, 0.15) is 5.69 Å². The van der Waals surface area contributed by atoms with Crippen LogP contribution in [-0.2, 0) is 21.6 Å². The van der Waals surface area contributed by atoms with Crippen LogP contribution in [0.4, 0.5) is 0 Å². The van der Waals surface area contributed by atoms with Gasteiger partial charge in [-0.25, -0.2) is 4.99 Å². The van der Waals surface area contributed by atoms with Gasteiger partial charge in [-0.3, -0.25) is 14.4 Å². The van der Waals surface area contributed by atoms with Gasteiger partial charge in [0, 0.05) is 24.8 Å². The van der Waals surface area contributed by atoms with Crippen LogP contribution in [0.15, 0.2) is 29.4 Å². The predicted octanol–water partition coefficient (Wildman–Crippen LogP) is 2.49. The zero-order valence-electron chi connectivity index (χ0n) is 19.7. The predicted molar refractivity (Wildman–Crippen MR) is 128 cm³/mol. The zero-order chi connectivity index (χ0) is 23.8. The third kappa shape index (κ3) is 4.90. The number of nitrogens with two attached hydrogens (primary N) is 1. The van der Waals surface area contributed by atoms with Crippen LogP contribution in [0.2, 0.25) is 5.02 Å². The van der Waals surface area contributed by atoms with Gasteiger partial charge in [-0.15, -0.1) is 5.10 Å². The van der Waals surface area contributed by atoms with Gasteiger partial charge >= 0.3 is 0 Å². The molecule has 1 amide bonds. The molecule has 178 valence electrons. The molecule has 2 aliphatic rings. The summed E-state index contributed by atoms with van der Waals surface area (Å²) in [5.41, 5.74) is 7.69. The van der Waals surface area contributed by atoms with Gasteiger partial charge in [0.25, 0.3) is 0 Å². The van der Waals surface area contributed by atoms with E-state index in [1.54, 1.807) is 9.58 Å². The Morgan fingerprint density at radius 3 is 2.85 bits per heavy atom. The molecule has 4 rings (SSSR count). The number of ether oxygens (including phenoxy) is 1. The Bertz CT molecular complexity index is 1050. The maximum atomic E-state index is 13.2. The van der Waals surface area contributed by atoms with Gasteiger partial charge in [-0.1, -0.05) is 35.0 Å². The van der Waals surface area contributed by atoms with Crippen LogP contribution in [0, 0.1) is 0 Å². The van der Waals surface area contributed by atoms with Crippen molar-refractivity contribution in [3.05, 3.63) is 35.0 Å². The largest absolute Gasteiger partial charge is 0.378 e. The molecule has 2 N–H and O–H groups in total. The molecule has 1 fully saturated rings. The van der Waals surface area contributed by atoms with Crippen molar-refractivity contribution in [2.24, 2.45) is 10.7 Å². The van der Waals surface area contributed by atoms with Crippen molar-refractivity contribution >= 4 is 23.5 Å². The average molecular weight is 474 g/mol. The van der Waals surface area contributed by atoms with E-state index in [-0.39, 0.29) is 30.4 Å². The number of hydrogen-bond acceptors (Lipinski definition) is 7. The molecule has 2 aliphatic heterocycles. The van der Waals surface area contributed by atoms with Gasteiger partial charge in [-0.05, 0) is 46.3 Å². The highest BCUT2D eigenvalue weighted by molar-refractivity contribution is 6.34. The summed E-state index contributed by atoms with van der Waals surface area (Å²) >= 11 is 6.87. The van der Waals surface area contributed by atoms with Gasteiger partial charge in [0.05, 0.1) is 35.8 Å². The summed E-state index contributed by atoms with van der Waals surface area (Å²) in [5.74, 6) is 0.198. The minimum atomic E-state index is -0.859. The Morgan fingerprint density at radius 1 is 1.36 bits per heavy atom. The van der Waals surface area contributed by atoms with Crippen LogP contribution in [0.5, 0.6) is 0 Å². The molecule has 3 atom stereocenters. The van der Waals surface area contributed by atoms with Gasteiger partial charge in [0.15, 0.2) is 5.96 Å². The molecular weight excluding hydrogens is 442 g/mol. The monoisotopic (exact) mass is 473 g/mol. The molecule has 0 unspecified atom stereocenters. The van der Waals surface area contributed by atoms with E-state index in [9.17, 15) is 4.79 Å². The van der Waals surface area contributed by atoms with E-state index in [1.807, 2.05) is 52.3 Å². The van der Waals surface area contributed by atoms with Crippen LogP contribution in [0.25, 0.3) is 11.3 Å². The lowest BCUT2D eigenvalue weighted by atomic mass is 9.85. The van der Waals surface area contributed by atoms with Crippen molar-refractivity contribution in [3.8, 4) is 11.3 Å². The maximum Gasteiger partial charge on any atom is 0.232 e. The molecule has 0 spiro atoms. The van der Waals surface area contributed by atoms with E-state index in [2.05, 4.69) is 15.2 Å². The highest BCUT2D eigenvalue weighted by atomic mass is 35.5. The zero-order valence-corrected chi connectivity index (χ0v) is 20.4. The summed E-state index contributed by atoms with van der Waals surface area (Å²) in [6.07, 6.45) is 3.67. The van der Waals surface area contributed by atoms with Crippen molar-refractivity contribution < 1.29 is 9.53 Å². The molecule has 10 heteroatoms. The lowest BCUT2D eigenvalue weighted by molar-refractivity contribution is -0.133. The van der Waals surface area contributed by atoms with Crippen molar-refractivity contribution in [2.75, 3.05) is 27.2 Å². The molecule has 1 aromatic carbocycles. The number of guanidine groups is 1. The fraction of sp³-hybridized carbons (Fsp3) is 0.565. The first-order valence-corrected chi connectivity index (χ1v) is 11.7. The summed E-state index contributed by atoms with van der Waals surface area (Å²) in [7, 11) is 4.03. The molecule has 0 bridgehead atoms. The van der Waals surface area contributed by atoms with E-state index in [0.717, 1.165) is 37.1 Å². The first kappa shape index (κ1) is 23.7. The van der Waals surface area contributed by atoms with Gasteiger partial charge < -0.3 is 15.4 Å². The second kappa shape index (κ2) is 9.40. The number of carbonyl (C=O) groups is 1. The van der Waals surface area contributed by atoms with E-state index >= 15 is 0 Å². The minimum absolute atomic E-state index is 0.00793. The van der Waals surface area contributed by atoms with Gasteiger partial charge in [0.2, 0.25) is 5.91 Å². The van der Waals surface area contributed by atoms with Crippen molar-refractivity contribution in [1.29, 1.82) is 0 Å². The van der Waals surface area contributed by atoms with E-state index in [0.29, 0.717) is 17.3 Å². The lowest BCUT2D eigenvalue weighted by Gasteiger charge is -2.41. The minimum Gasteiger partial charge on any atom is -0.378 e. The quantitative estimate of drug-likeness (QED) is 0.691. The molecule has 9 nitrogen and oxygen atoms in total. The van der Waals surface area contributed by atoms with E-state index in [4.69, 9.17) is 27.1 Å². The lowest BCUT2D eigenvalue weighted by Crippen LogP contribution is -2.56. The molecule has 0 saturated carbocycles. The summed E-state index contributed by atoms with van der Waals surface area (Å²) in [5, 5.41) is 9.04. The molecule has 2 aromatic rings. The molecule has 1 saturated heterocycles. The number of hydrogen-bond donors (Lipinski definition) is 1. The molecule has 0 radical (unpaired) electrons. The number of nitrogens with zero attached hydrogens (tertiary/aromatic N) is 6. The van der Waals surface area contributed by atoms with Crippen molar-refractivity contribution in [1.82, 2.24) is 24.8 Å².